The molecule has 0 aromatic heterocycles. The largest absolute Gasteiger partial charge is 0.542 e. The van der Waals surface area contributed by atoms with Crippen LogP contribution < -0.4 is 14.7 Å². The number of carbonyl (C=O) groups is 1. The van der Waals surface area contributed by atoms with Gasteiger partial charge < -0.3 is 24.3 Å². The van der Waals surface area contributed by atoms with E-state index in [0.717, 1.165) is 5.56 Å². The summed E-state index contributed by atoms with van der Waals surface area (Å²) in [6, 6.07) is 16.9. The highest BCUT2D eigenvalue weighted by molar-refractivity contribution is 5.88. The molecule has 0 bridgehead atoms. The van der Waals surface area contributed by atoms with E-state index < -0.39 is 5.97 Å². The van der Waals surface area contributed by atoms with Gasteiger partial charge in [-0.15, -0.1) is 0 Å². The van der Waals surface area contributed by atoms with Crippen LogP contribution in [0.5, 0.6) is 5.75 Å². The minimum absolute atomic E-state index is 0.215. The van der Waals surface area contributed by atoms with Gasteiger partial charge in [0, 0.05) is 0 Å². The lowest BCUT2D eigenvalue weighted by atomic mass is 10.2. The smallest absolute Gasteiger partial charge is 0.142 e. The van der Waals surface area contributed by atoms with E-state index in [9.17, 15) is 9.90 Å². The van der Waals surface area contributed by atoms with Gasteiger partial charge in [0.2, 0.25) is 0 Å². The third kappa shape index (κ3) is 13.0. The van der Waals surface area contributed by atoms with Gasteiger partial charge in [-0.3, -0.25) is 0 Å². The first-order valence-corrected chi connectivity index (χ1v) is 12.6. The van der Waals surface area contributed by atoms with Gasteiger partial charge in [0.1, 0.15) is 24.1 Å². The van der Waals surface area contributed by atoms with Crippen LogP contribution in [0, 0.1) is 0 Å². The molecule has 0 saturated carbocycles. The van der Waals surface area contributed by atoms with Crippen LogP contribution in [0.15, 0.2) is 60.4 Å². The number of ether oxygens (including phenoxy) is 2. The lowest BCUT2D eigenvalue weighted by molar-refractivity contribution is -0.900. The fourth-order valence-corrected chi connectivity index (χ4v) is 3.41. The first-order chi connectivity index (χ1) is 16.5. The van der Waals surface area contributed by atoms with Crippen molar-refractivity contribution in [1.29, 1.82) is 0 Å². The predicted octanol–water partition coefficient (Wildman–Crippen LogP) is 4.27. The molecule has 2 aromatic carbocycles. The van der Waals surface area contributed by atoms with Crippen molar-refractivity contribution in [3.05, 3.63) is 71.5 Å². The van der Waals surface area contributed by atoms with Crippen LogP contribution >= 0.6 is 0 Å². The molecule has 0 spiro atoms. The summed E-state index contributed by atoms with van der Waals surface area (Å²) >= 11 is 0. The molecule has 5 heteroatoms. The molecule has 34 heavy (non-hydrogen) atoms. The predicted molar refractivity (Wildman–Crippen MR) is 137 cm³/mol. The Hall–Kier alpha value is -2.79. The third-order valence-electron chi connectivity index (χ3n) is 5.50. The molecule has 0 aliphatic rings. The summed E-state index contributed by atoms with van der Waals surface area (Å²) in [5.41, 5.74) is 1.78. The first-order valence-electron chi connectivity index (χ1n) is 12.6. The van der Waals surface area contributed by atoms with Crippen molar-refractivity contribution >= 4 is 12.0 Å². The van der Waals surface area contributed by atoms with Crippen LogP contribution in [0.1, 0.15) is 70.4 Å². The van der Waals surface area contributed by atoms with Crippen LogP contribution in [-0.2, 0) is 16.1 Å². The van der Waals surface area contributed by atoms with E-state index in [-0.39, 0.29) is 5.76 Å². The van der Waals surface area contributed by atoms with E-state index in [4.69, 9.17) is 9.47 Å². The van der Waals surface area contributed by atoms with Crippen molar-refractivity contribution in [2.24, 2.45) is 0 Å². The summed E-state index contributed by atoms with van der Waals surface area (Å²) in [5, 5.41) is 10.7. The topological polar surface area (TPSA) is 63.0 Å². The number of carboxylic acids is 1. The summed E-state index contributed by atoms with van der Waals surface area (Å²) in [6.07, 6.45) is 9.66. The Kier molecular flexibility index (Phi) is 16.0. The van der Waals surface area contributed by atoms with Crippen molar-refractivity contribution in [2.75, 3.05) is 26.7 Å². The van der Waals surface area contributed by atoms with Gasteiger partial charge in [0.05, 0.1) is 26.7 Å². The normalized spacial score (nSPS) is 11.0. The Bertz CT molecular complexity index is 784. The Balaban J connectivity index is 0.000000385. The number of hydrogen-bond acceptors (Lipinski definition) is 4. The molecule has 0 heterocycles. The number of unbranched alkanes of at least 4 members (excludes halogenated alkanes) is 3. The number of carboxylic acid groups (broad SMARTS) is 1. The van der Waals surface area contributed by atoms with Gasteiger partial charge in [0.25, 0.3) is 0 Å². The fourth-order valence-electron chi connectivity index (χ4n) is 3.41. The third-order valence-corrected chi connectivity index (χ3v) is 5.50. The van der Waals surface area contributed by atoms with Gasteiger partial charge in [-0.05, 0) is 48.6 Å². The zero-order valence-corrected chi connectivity index (χ0v) is 21.5. The molecule has 5 nitrogen and oxygen atoms in total. The molecular formula is C29H43NO4. The molecule has 0 amide bonds. The number of benzene rings is 2. The van der Waals surface area contributed by atoms with Crippen LogP contribution in [0.4, 0.5) is 0 Å². The van der Waals surface area contributed by atoms with Crippen molar-refractivity contribution in [3.8, 4) is 5.75 Å². The maximum Gasteiger partial charge on any atom is 0.142 e. The minimum Gasteiger partial charge on any atom is -0.542 e. The van der Waals surface area contributed by atoms with Gasteiger partial charge in [-0.2, -0.15) is 0 Å². The molecule has 2 aromatic rings. The SMILES string of the molecule is CCCC[NH+](CCCC)CCCC.COC(=Cc1ccc(OCc2ccccc2)cc1)C(=O)[O-]. The number of aliphatic carboxylic acids is 1. The molecule has 0 aliphatic carbocycles. The van der Waals surface area contributed by atoms with Gasteiger partial charge in [-0.1, -0.05) is 82.5 Å². The fraction of sp³-hybridized carbons (Fsp3) is 0.483. The minimum atomic E-state index is -1.35. The number of rotatable bonds is 15. The monoisotopic (exact) mass is 469 g/mol. The molecular weight excluding hydrogens is 426 g/mol. The lowest BCUT2D eigenvalue weighted by Gasteiger charge is -2.18. The highest BCUT2D eigenvalue weighted by Crippen LogP contribution is 2.16. The summed E-state index contributed by atoms with van der Waals surface area (Å²) in [7, 11) is 1.29. The van der Waals surface area contributed by atoms with E-state index in [1.54, 1.807) is 24.3 Å². The summed E-state index contributed by atoms with van der Waals surface area (Å²) in [5.74, 6) is -0.849. The maximum absolute atomic E-state index is 10.7. The zero-order valence-electron chi connectivity index (χ0n) is 21.5. The molecule has 0 radical (unpaired) electrons. The number of hydrogen-bond donors (Lipinski definition) is 1. The van der Waals surface area contributed by atoms with Gasteiger partial charge in [0.15, 0.2) is 0 Å². The van der Waals surface area contributed by atoms with E-state index >= 15 is 0 Å². The second-order valence-electron chi connectivity index (χ2n) is 8.40. The Labute approximate surface area is 206 Å². The number of nitrogens with one attached hydrogen (secondary N) is 1. The van der Waals surface area contributed by atoms with E-state index in [1.807, 2.05) is 35.2 Å². The van der Waals surface area contributed by atoms with Crippen LogP contribution in [0.25, 0.3) is 6.08 Å². The van der Waals surface area contributed by atoms with Crippen LogP contribution in [-0.4, -0.2) is 32.7 Å². The first kappa shape index (κ1) is 29.2. The Morgan fingerprint density at radius 2 is 1.38 bits per heavy atom. The molecule has 0 atom stereocenters. The maximum atomic E-state index is 10.7. The number of carbonyl (C=O) groups excluding carboxylic acids is 1. The van der Waals surface area contributed by atoms with Gasteiger partial charge >= 0.3 is 0 Å². The molecule has 1 N–H and O–H groups in total. The Morgan fingerprint density at radius 3 is 1.82 bits per heavy atom. The summed E-state index contributed by atoms with van der Waals surface area (Å²) in [6.45, 7) is 11.5. The van der Waals surface area contributed by atoms with Crippen LogP contribution in [0.3, 0.4) is 0 Å². The van der Waals surface area contributed by atoms with E-state index in [0.29, 0.717) is 17.9 Å². The average Bonchev–Trinajstić information content (AvgIpc) is 2.87. The van der Waals surface area contributed by atoms with Crippen molar-refractivity contribution in [2.45, 2.75) is 65.9 Å². The quantitative estimate of drug-likeness (QED) is 0.312. The highest BCUT2D eigenvalue weighted by Gasteiger charge is 2.05. The second kappa shape index (κ2) is 18.6. The van der Waals surface area contributed by atoms with Crippen molar-refractivity contribution in [3.63, 3.8) is 0 Å². The van der Waals surface area contributed by atoms with Crippen LogP contribution in [0.2, 0.25) is 0 Å². The molecule has 0 saturated heterocycles. The summed E-state index contributed by atoms with van der Waals surface area (Å²) in [4.78, 5) is 12.6. The standard InChI is InChI=1S/C17H16O4.C12H27N/c1-20-16(17(18)19)11-13-7-9-15(10-8-13)21-12-14-5-3-2-4-6-14;1-4-7-10-13(11-8-5-2)12-9-6-3/h2-11H,12H2,1H3,(H,18,19);4-12H2,1-3H3. The lowest BCUT2D eigenvalue weighted by Crippen LogP contribution is -3.12. The second-order valence-corrected chi connectivity index (χ2v) is 8.40. The average molecular weight is 470 g/mol. The van der Waals surface area contributed by atoms with Crippen molar-refractivity contribution in [1.82, 2.24) is 0 Å². The zero-order chi connectivity index (χ0) is 25.0. The molecule has 0 fully saturated rings. The Morgan fingerprint density at radius 1 is 0.853 bits per heavy atom. The molecule has 2 rings (SSSR count). The molecule has 0 aliphatic heterocycles. The van der Waals surface area contributed by atoms with E-state index in [1.165, 1.54) is 71.3 Å². The number of quaternary nitrogens is 1. The molecule has 188 valence electrons. The number of methoxy groups -OCH3 is 1. The summed E-state index contributed by atoms with van der Waals surface area (Å²) < 4.78 is 10.4. The van der Waals surface area contributed by atoms with Gasteiger partial charge in [-0.25, -0.2) is 0 Å². The highest BCUT2D eigenvalue weighted by atomic mass is 16.5. The van der Waals surface area contributed by atoms with E-state index in [2.05, 4.69) is 20.8 Å². The molecule has 0 unspecified atom stereocenters. The van der Waals surface area contributed by atoms with Crippen molar-refractivity contribution < 1.29 is 24.3 Å².